The van der Waals surface area contributed by atoms with Crippen LogP contribution in [-0.2, 0) is 22.4 Å². The maximum absolute atomic E-state index is 12.7. The summed E-state index contributed by atoms with van der Waals surface area (Å²) in [5.74, 6) is 0.261. The topological polar surface area (TPSA) is 40.6 Å². The number of rotatable bonds is 4. The van der Waals surface area contributed by atoms with E-state index in [1.165, 1.54) is 0 Å². The van der Waals surface area contributed by atoms with Crippen molar-refractivity contribution >= 4 is 11.8 Å². The molecule has 136 valence electrons. The summed E-state index contributed by atoms with van der Waals surface area (Å²) in [6.07, 6.45) is 0.825. The number of hydrogen-bond donors (Lipinski definition) is 0. The molecule has 2 atom stereocenters. The fraction of sp³-hybridized carbons (Fsp3) is 0.364. The summed E-state index contributed by atoms with van der Waals surface area (Å²) in [7, 11) is 0. The monoisotopic (exact) mass is 350 g/mol. The first kappa shape index (κ1) is 18.2. The van der Waals surface area contributed by atoms with Crippen LogP contribution in [0.15, 0.2) is 60.7 Å². The second kappa shape index (κ2) is 8.17. The number of benzene rings is 2. The van der Waals surface area contributed by atoms with Crippen LogP contribution in [-0.4, -0.2) is 46.8 Å². The summed E-state index contributed by atoms with van der Waals surface area (Å²) < 4.78 is 0. The minimum absolute atomic E-state index is 0.0298. The van der Waals surface area contributed by atoms with E-state index in [0.717, 1.165) is 11.1 Å². The third-order valence-corrected chi connectivity index (χ3v) is 5.02. The van der Waals surface area contributed by atoms with Crippen molar-refractivity contribution in [2.45, 2.75) is 38.8 Å². The van der Waals surface area contributed by atoms with Gasteiger partial charge in [0.05, 0.1) is 12.8 Å². The zero-order valence-electron chi connectivity index (χ0n) is 15.5. The molecule has 1 heterocycles. The fourth-order valence-electron chi connectivity index (χ4n) is 3.57. The smallest absolute Gasteiger partial charge is 0.227 e. The van der Waals surface area contributed by atoms with Crippen molar-refractivity contribution in [3.63, 3.8) is 0 Å². The lowest BCUT2D eigenvalue weighted by molar-refractivity contribution is -0.145. The molecule has 0 N–H and O–H groups in total. The first-order valence-corrected chi connectivity index (χ1v) is 9.21. The van der Waals surface area contributed by atoms with E-state index < -0.39 is 0 Å². The van der Waals surface area contributed by atoms with Crippen LogP contribution < -0.4 is 0 Å². The molecule has 1 fully saturated rings. The van der Waals surface area contributed by atoms with E-state index in [1.807, 2.05) is 84.3 Å². The van der Waals surface area contributed by atoms with Crippen molar-refractivity contribution in [1.82, 2.24) is 9.80 Å². The predicted molar refractivity (Wildman–Crippen MR) is 103 cm³/mol. The van der Waals surface area contributed by atoms with E-state index in [2.05, 4.69) is 0 Å². The highest BCUT2D eigenvalue weighted by Gasteiger charge is 2.34. The van der Waals surface area contributed by atoms with Gasteiger partial charge in [-0.2, -0.15) is 0 Å². The third-order valence-electron chi connectivity index (χ3n) is 5.02. The summed E-state index contributed by atoms with van der Waals surface area (Å²) in [5.41, 5.74) is 2.06. The Labute approximate surface area is 155 Å². The van der Waals surface area contributed by atoms with Gasteiger partial charge >= 0.3 is 0 Å². The quantitative estimate of drug-likeness (QED) is 0.851. The lowest BCUT2D eigenvalue weighted by Gasteiger charge is -2.44. The van der Waals surface area contributed by atoms with Crippen LogP contribution in [0.5, 0.6) is 0 Å². The maximum Gasteiger partial charge on any atom is 0.227 e. The number of hydrogen-bond acceptors (Lipinski definition) is 2. The van der Waals surface area contributed by atoms with Crippen molar-refractivity contribution in [3.05, 3.63) is 71.8 Å². The number of carbonyl (C=O) groups excluding carboxylic acids is 2. The van der Waals surface area contributed by atoms with Crippen LogP contribution in [0.1, 0.15) is 25.0 Å². The SMILES string of the molecule is C[C@@H]1CN(C(=O)Cc2ccccc2)[C@@H](C)CN1C(=O)Cc1ccccc1. The molecule has 1 aliphatic heterocycles. The van der Waals surface area contributed by atoms with Crippen molar-refractivity contribution in [2.75, 3.05) is 13.1 Å². The van der Waals surface area contributed by atoms with Crippen LogP contribution in [0.3, 0.4) is 0 Å². The number of nitrogens with zero attached hydrogens (tertiary/aromatic N) is 2. The number of carbonyl (C=O) groups is 2. The molecule has 3 rings (SSSR count). The van der Waals surface area contributed by atoms with Gasteiger partial charge in [-0.25, -0.2) is 0 Å². The van der Waals surface area contributed by atoms with Crippen LogP contribution in [0, 0.1) is 0 Å². The van der Waals surface area contributed by atoms with Crippen LogP contribution >= 0.6 is 0 Å². The zero-order valence-corrected chi connectivity index (χ0v) is 15.5. The molecule has 26 heavy (non-hydrogen) atoms. The van der Waals surface area contributed by atoms with Gasteiger partial charge in [0.1, 0.15) is 0 Å². The van der Waals surface area contributed by atoms with Gasteiger partial charge in [0.15, 0.2) is 0 Å². The van der Waals surface area contributed by atoms with Gasteiger partial charge in [-0.05, 0) is 25.0 Å². The molecule has 0 unspecified atom stereocenters. The van der Waals surface area contributed by atoms with E-state index in [9.17, 15) is 9.59 Å². The molecule has 4 heteroatoms. The van der Waals surface area contributed by atoms with Crippen molar-refractivity contribution in [3.8, 4) is 0 Å². The summed E-state index contributed by atoms with van der Waals surface area (Å²) in [5, 5.41) is 0. The van der Waals surface area contributed by atoms with E-state index in [-0.39, 0.29) is 23.9 Å². The lowest BCUT2D eigenvalue weighted by Crippen LogP contribution is -2.60. The Balaban J connectivity index is 1.61. The summed E-state index contributed by atoms with van der Waals surface area (Å²) in [6.45, 7) is 5.23. The molecule has 0 bridgehead atoms. The first-order chi connectivity index (χ1) is 12.5. The minimum atomic E-state index is 0.0298. The Bertz CT molecular complexity index is 680. The highest BCUT2D eigenvalue weighted by atomic mass is 16.2. The average Bonchev–Trinajstić information content (AvgIpc) is 2.64. The van der Waals surface area contributed by atoms with E-state index in [1.54, 1.807) is 0 Å². The maximum atomic E-state index is 12.7. The largest absolute Gasteiger partial charge is 0.336 e. The fourth-order valence-corrected chi connectivity index (χ4v) is 3.57. The van der Waals surface area contributed by atoms with Gasteiger partial charge in [0.25, 0.3) is 0 Å². The Morgan fingerprint density at radius 1 is 0.731 bits per heavy atom. The van der Waals surface area contributed by atoms with E-state index >= 15 is 0 Å². The molecule has 2 aromatic carbocycles. The molecule has 0 aromatic heterocycles. The molecule has 4 nitrogen and oxygen atoms in total. The standard InChI is InChI=1S/C22H26N2O2/c1-17-15-24(22(26)14-20-11-7-4-8-12-20)18(2)16-23(17)21(25)13-19-9-5-3-6-10-19/h3-12,17-18H,13-16H2,1-2H3/t17-,18+. The Morgan fingerprint density at radius 2 is 1.08 bits per heavy atom. The molecule has 1 aliphatic rings. The van der Waals surface area contributed by atoms with E-state index in [4.69, 9.17) is 0 Å². The van der Waals surface area contributed by atoms with Gasteiger partial charge < -0.3 is 9.80 Å². The van der Waals surface area contributed by atoms with E-state index in [0.29, 0.717) is 25.9 Å². The Kier molecular flexibility index (Phi) is 5.71. The van der Waals surface area contributed by atoms with Crippen LogP contribution in [0.2, 0.25) is 0 Å². The van der Waals surface area contributed by atoms with Crippen LogP contribution in [0.25, 0.3) is 0 Å². The molecule has 0 spiro atoms. The second-order valence-corrected chi connectivity index (χ2v) is 7.11. The normalized spacial score (nSPS) is 20.1. The second-order valence-electron chi connectivity index (χ2n) is 7.11. The molecular formula is C22H26N2O2. The molecule has 0 saturated carbocycles. The van der Waals surface area contributed by atoms with Crippen molar-refractivity contribution in [2.24, 2.45) is 0 Å². The minimum Gasteiger partial charge on any atom is -0.336 e. The van der Waals surface area contributed by atoms with Gasteiger partial charge in [0, 0.05) is 25.2 Å². The van der Waals surface area contributed by atoms with Gasteiger partial charge in [0.2, 0.25) is 11.8 Å². The Morgan fingerprint density at radius 3 is 1.42 bits per heavy atom. The molecule has 1 saturated heterocycles. The third kappa shape index (κ3) is 4.31. The van der Waals surface area contributed by atoms with Gasteiger partial charge in [-0.15, -0.1) is 0 Å². The van der Waals surface area contributed by atoms with Crippen molar-refractivity contribution in [1.29, 1.82) is 0 Å². The number of amides is 2. The first-order valence-electron chi connectivity index (χ1n) is 9.21. The highest BCUT2D eigenvalue weighted by Crippen LogP contribution is 2.18. The zero-order chi connectivity index (χ0) is 18.5. The number of piperazine rings is 1. The Hall–Kier alpha value is -2.62. The average molecular weight is 350 g/mol. The van der Waals surface area contributed by atoms with Crippen molar-refractivity contribution < 1.29 is 9.59 Å². The molecular weight excluding hydrogens is 324 g/mol. The summed E-state index contributed by atoms with van der Waals surface area (Å²) in [6, 6.07) is 19.7. The summed E-state index contributed by atoms with van der Waals surface area (Å²) >= 11 is 0. The molecule has 0 aliphatic carbocycles. The predicted octanol–water partition coefficient (Wildman–Crippen LogP) is 2.92. The molecule has 2 aromatic rings. The van der Waals surface area contributed by atoms with Gasteiger partial charge in [-0.1, -0.05) is 60.7 Å². The van der Waals surface area contributed by atoms with Crippen LogP contribution in [0.4, 0.5) is 0 Å². The lowest BCUT2D eigenvalue weighted by atomic mass is 10.0. The molecule has 0 radical (unpaired) electrons. The highest BCUT2D eigenvalue weighted by molar-refractivity contribution is 5.81. The summed E-state index contributed by atoms with van der Waals surface area (Å²) in [4.78, 5) is 29.3. The van der Waals surface area contributed by atoms with Gasteiger partial charge in [-0.3, -0.25) is 9.59 Å². The molecule has 2 amide bonds.